The molecular weight excluding hydrogens is 189 g/mol. The summed E-state index contributed by atoms with van der Waals surface area (Å²) < 4.78 is 12.2. The Labute approximate surface area is 59.5 Å². The van der Waals surface area contributed by atoms with Gasteiger partial charge in [-0.1, -0.05) is 0 Å². The number of rotatable bonds is 0. The van der Waals surface area contributed by atoms with E-state index >= 15 is 0 Å². The van der Waals surface area contributed by atoms with Crippen LogP contribution in [0.2, 0.25) is 0 Å². The molecule has 1 N–H and O–H groups in total. The summed E-state index contributed by atoms with van der Waals surface area (Å²) in [5.74, 6) is -0.670. The fraction of sp³-hybridized carbons (Fsp3) is 0. The maximum absolute atomic E-state index is 12.1. The van der Waals surface area contributed by atoms with Crippen molar-refractivity contribution in [2.45, 2.75) is 0 Å². The number of hydrogen-bond acceptors (Lipinski definition) is 2. The summed E-state index contributed by atoms with van der Waals surface area (Å²) >= 11 is 2.84. The summed E-state index contributed by atoms with van der Waals surface area (Å²) in [6.07, 6.45) is 0. The minimum atomic E-state index is -0.611. The SMILES string of the molecule is Oc1ccc(F)nc1Br. The van der Waals surface area contributed by atoms with Crippen molar-refractivity contribution in [1.82, 2.24) is 4.98 Å². The van der Waals surface area contributed by atoms with Crippen LogP contribution in [-0.2, 0) is 0 Å². The summed E-state index contributed by atoms with van der Waals surface area (Å²) in [6, 6.07) is 2.31. The first-order valence-electron chi connectivity index (χ1n) is 2.21. The standard InChI is InChI=1S/C5H3BrFNO/c6-5-3(9)1-2-4(7)8-5/h1-2,9H. The largest absolute Gasteiger partial charge is 0.505 e. The van der Waals surface area contributed by atoms with Gasteiger partial charge >= 0.3 is 0 Å². The molecule has 0 amide bonds. The molecule has 1 rings (SSSR count). The molecule has 1 aromatic rings. The maximum atomic E-state index is 12.1. The van der Waals surface area contributed by atoms with Crippen molar-refractivity contribution in [3.8, 4) is 5.75 Å². The lowest BCUT2D eigenvalue weighted by atomic mass is 10.5. The summed E-state index contributed by atoms with van der Waals surface area (Å²) in [7, 11) is 0. The number of nitrogens with zero attached hydrogens (tertiary/aromatic N) is 1. The predicted octanol–water partition coefficient (Wildman–Crippen LogP) is 1.69. The summed E-state index contributed by atoms with van der Waals surface area (Å²) in [5, 5.41) is 8.77. The number of aromatic hydroxyl groups is 1. The molecule has 0 aromatic carbocycles. The number of aromatic nitrogens is 1. The molecule has 0 aliphatic heterocycles. The second-order valence-corrected chi connectivity index (χ2v) is 2.20. The van der Waals surface area contributed by atoms with Crippen LogP contribution in [0.3, 0.4) is 0 Å². The Balaban J connectivity index is 3.17. The van der Waals surface area contributed by atoms with E-state index in [1.807, 2.05) is 0 Å². The van der Waals surface area contributed by atoms with Crippen molar-refractivity contribution in [2.24, 2.45) is 0 Å². The normalized spacial score (nSPS) is 9.56. The third kappa shape index (κ3) is 1.38. The Morgan fingerprint density at radius 3 is 2.67 bits per heavy atom. The van der Waals surface area contributed by atoms with Gasteiger partial charge in [-0.2, -0.15) is 4.39 Å². The molecule has 0 radical (unpaired) electrons. The lowest BCUT2D eigenvalue weighted by molar-refractivity contribution is 0.461. The third-order valence-corrected chi connectivity index (χ3v) is 1.38. The van der Waals surface area contributed by atoms with Gasteiger partial charge in [0, 0.05) is 0 Å². The Bertz CT molecular complexity index is 228. The quantitative estimate of drug-likeness (QED) is 0.634. The van der Waals surface area contributed by atoms with Gasteiger partial charge < -0.3 is 5.11 Å². The number of halogens is 2. The van der Waals surface area contributed by atoms with Crippen molar-refractivity contribution >= 4 is 15.9 Å². The van der Waals surface area contributed by atoms with Crippen LogP contribution >= 0.6 is 15.9 Å². The van der Waals surface area contributed by atoms with E-state index in [1.165, 1.54) is 6.07 Å². The monoisotopic (exact) mass is 191 g/mol. The Kier molecular flexibility index (Phi) is 1.66. The predicted molar refractivity (Wildman–Crippen MR) is 33.6 cm³/mol. The molecule has 0 unspecified atom stereocenters. The average molecular weight is 192 g/mol. The van der Waals surface area contributed by atoms with Gasteiger partial charge in [-0.3, -0.25) is 0 Å². The molecule has 0 aliphatic rings. The first-order valence-corrected chi connectivity index (χ1v) is 3.00. The van der Waals surface area contributed by atoms with E-state index in [0.29, 0.717) is 0 Å². The van der Waals surface area contributed by atoms with E-state index in [0.717, 1.165) is 6.07 Å². The lowest BCUT2D eigenvalue weighted by Crippen LogP contribution is -1.81. The molecule has 0 spiro atoms. The highest BCUT2D eigenvalue weighted by molar-refractivity contribution is 9.10. The molecule has 0 saturated carbocycles. The maximum Gasteiger partial charge on any atom is 0.214 e. The number of hydrogen-bond donors (Lipinski definition) is 1. The smallest absolute Gasteiger partial charge is 0.214 e. The Hall–Kier alpha value is -0.640. The van der Waals surface area contributed by atoms with Crippen molar-refractivity contribution in [2.75, 3.05) is 0 Å². The molecule has 0 fully saturated rings. The minimum absolute atomic E-state index is 0.0589. The molecule has 0 atom stereocenters. The lowest BCUT2D eigenvalue weighted by Gasteiger charge is -1.92. The Morgan fingerprint density at radius 1 is 1.56 bits per heavy atom. The zero-order valence-corrected chi connectivity index (χ0v) is 5.89. The van der Waals surface area contributed by atoms with Crippen molar-refractivity contribution in [3.63, 3.8) is 0 Å². The first kappa shape index (κ1) is 6.48. The van der Waals surface area contributed by atoms with E-state index in [4.69, 9.17) is 5.11 Å². The Morgan fingerprint density at radius 2 is 2.22 bits per heavy atom. The molecule has 0 bridgehead atoms. The summed E-state index contributed by atoms with van der Waals surface area (Å²) in [5.41, 5.74) is 0. The van der Waals surface area contributed by atoms with Gasteiger partial charge in [-0.05, 0) is 28.1 Å². The zero-order valence-electron chi connectivity index (χ0n) is 4.31. The van der Waals surface area contributed by atoms with Gasteiger partial charge in [-0.25, -0.2) is 4.98 Å². The molecule has 0 saturated heterocycles. The zero-order chi connectivity index (χ0) is 6.85. The van der Waals surface area contributed by atoms with Gasteiger partial charge in [0.1, 0.15) is 5.75 Å². The van der Waals surface area contributed by atoms with Crippen LogP contribution in [0.4, 0.5) is 4.39 Å². The van der Waals surface area contributed by atoms with Crippen LogP contribution in [0.15, 0.2) is 16.7 Å². The van der Waals surface area contributed by atoms with Crippen LogP contribution in [0.1, 0.15) is 0 Å². The van der Waals surface area contributed by atoms with Gasteiger partial charge in [-0.15, -0.1) is 0 Å². The second kappa shape index (κ2) is 2.31. The molecule has 0 aliphatic carbocycles. The fourth-order valence-corrected chi connectivity index (χ4v) is 0.706. The third-order valence-electron chi connectivity index (χ3n) is 0.795. The second-order valence-electron chi connectivity index (χ2n) is 1.44. The van der Waals surface area contributed by atoms with E-state index in [-0.39, 0.29) is 10.4 Å². The highest BCUT2D eigenvalue weighted by atomic mass is 79.9. The van der Waals surface area contributed by atoms with Crippen LogP contribution in [0, 0.1) is 5.95 Å². The van der Waals surface area contributed by atoms with Gasteiger partial charge in [0.25, 0.3) is 0 Å². The van der Waals surface area contributed by atoms with Crippen molar-refractivity contribution in [3.05, 3.63) is 22.7 Å². The van der Waals surface area contributed by atoms with E-state index in [9.17, 15) is 4.39 Å². The molecule has 4 heteroatoms. The molecular formula is C5H3BrFNO. The topological polar surface area (TPSA) is 33.1 Å². The average Bonchev–Trinajstić information content (AvgIpc) is 1.80. The minimum Gasteiger partial charge on any atom is -0.505 e. The van der Waals surface area contributed by atoms with E-state index < -0.39 is 5.95 Å². The van der Waals surface area contributed by atoms with Crippen molar-refractivity contribution < 1.29 is 9.50 Å². The molecule has 1 aromatic heterocycles. The highest BCUT2D eigenvalue weighted by Crippen LogP contribution is 2.19. The fourth-order valence-electron chi connectivity index (χ4n) is 0.405. The highest BCUT2D eigenvalue weighted by Gasteiger charge is 1.97. The summed E-state index contributed by atoms with van der Waals surface area (Å²) in [6.45, 7) is 0. The van der Waals surface area contributed by atoms with Crippen LogP contribution in [-0.4, -0.2) is 10.1 Å². The van der Waals surface area contributed by atoms with E-state index in [1.54, 1.807) is 0 Å². The molecule has 2 nitrogen and oxygen atoms in total. The number of pyridine rings is 1. The van der Waals surface area contributed by atoms with Crippen LogP contribution in [0.25, 0.3) is 0 Å². The van der Waals surface area contributed by atoms with Crippen molar-refractivity contribution in [1.29, 1.82) is 0 Å². The van der Waals surface area contributed by atoms with Gasteiger partial charge in [0.15, 0.2) is 4.60 Å². The van der Waals surface area contributed by atoms with E-state index in [2.05, 4.69) is 20.9 Å². The summed E-state index contributed by atoms with van der Waals surface area (Å²) in [4.78, 5) is 3.27. The van der Waals surface area contributed by atoms with Gasteiger partial charge in [0.05, 0.1) is 0 Å². The van der Waals surface area contributed by atoms with Crippen LogP contribution < -0.4 is 0 Å². The molecule has 9 heavy (non-hydrogen) atoms. The molecule has 48 valence electrons. The molecule has 1 heterocycles. The van der Waals surface area contributed by atoms with Gasteiger partial charge in [0.2, 0.25) is 5.95 Å². The first-order chi connectivity index (χ1) is 4.20. The van der Waals surface area contributed by atoms with Crippen LogP contribution in [0.5, 0.6) is 5.75 Å².